The number of unbranched alkanes of at least 4 members (excludes halogenated alkanes) is 1. The zero-order valence-corrected chi connectivity index (χ0v) is 15.9. The molecule has 0 amide bonds. The van der Waals surface area contributed by atoms with Gasteiger partial charge in [-0.2, -0.15) is 0 Å². The van der Waals surface area contributed by atoms with Crippen LogP contribution < -0.4 is 5.73 Å². The fourth-order valence-corrected chi connectivity index (χ4v) is 4.69. The van der Waals surface area contributed by atoms with Gasteiger partial charge in [-0.25, -0.2) is 0 Å². The summed E-state index contributed by atoms with van der Waals surface area (Å²) >= 11 is 14.5. The van der Waals surface area contributed by atoms with E-state index in [1.54, 1.807) is 11.3 Å². The number of aryl methyl sites for hydroxylation is 1. The number of aromatic nitrogens is 1. The monoisotopic (exact) mass is 388 g/mol. The molecule has 0 bridgehead atoms. The van der Waals surface area contributed by atoms with Gasteiger partial charge >= 0.3 is 0 Å². The van der Waals surface area contributed by atoms with E-state index in [4.69, 9.17) is 28.9 Å². The maximum atomic E-state index is 6.47. The van der Waals surface area contributed by atoms with Gasteiger partial charge in [0.05, 0.1) is 21.3 Å². The van der Waals surface area contributed by atoms with Gasteiger partial charge in [-0.1, -0.05) is 47.5 Å². The van der Waals surface area contributed by atoms with Crippen LogP contribution in [0.25, 0.3) is 32.2 Å². The molecular formula is C20H18Cl2N2S. The number of halogens is 2. The number of nitrogens with one attached hydrogen (secondary N) is 1. The van der Waals surface area contributed by atoms with Crippen LogP contribution >= 0.6 is 34.5 Å². The van der Waals surface area contributed by atoms with Crippen LogP contribution in [0.2, 0.25) is 10.0 Å². The van der Waals surface area contributed by atoms with Crippen LogP contribution in [0, 0.1) is 0 Å². The van der Waals surface area contributed by atoms with Crippen LogP contribution in [0.4, 0.5) is 0 Å². The third-order valence-corrected chi connectivity index (χ3v) is 6.37. The van der Waals surface area contributed by atoms with E-state index in [0.29, 0.717) is 16.6 Å². The van der Waals surface area contributed by atoms with Gasteiger partial charge in [-0.05, 0) is 43.5 Å². The van der Waals surface area contributed by atoms with E-state index >= 15 is 0 Å². The molecule has 2 heterocycles. The summed E-state index contributed by atoms with van der Waals surface area (Å²) < 4.78 is 1.29. The fraction of sp³-hybridized carbons (Fsp3) is 0.200. The lowest BCUT2D eigenvalue weighted by atomic mass is 10.00. The molecule has 2 aromatic heterocycles. The summed E-state index contributed by atoms with van der Waals surface area (Å²) in [5.41, 5.74) is 10.3. The van der Waals surface area contributed by atoms with E-state index in [1.807, 2.05) is 6.07 Å². The van der Waals surface area contributed by atoms with Crippen LogP contribution in [-0.4, -0.2) is 11.5 Å². The molecule has 0 unspecified atom stereocenters. The number of rotatable bonds is 5. The molecule has 3 N–H and O–H groups in total. The molecular weight excluding hydrogens is 371 g/mol. The van der Waals surface area contributed by atoms with Crippen molar-refractivity contribution in [2.45, 2.75) is 19.3 Å². The molecule has 4 rings (SSSR count). The highest BCUT2D eigenvalue weighted by Crippen LogP contribution is 2.41. The standard InChI is InChI=1S/C20H18Cl2N2S/c21-16-9-8-14-13(6-3-4-10-23)19(24-20(14)18(16)22)15-11-25-17-7-2-1-5-12(15)17/h1-2,5,7-9,11,24H,3-4,6,10,23H2. The summed E-state index contributed by atoms with van der Waals surface area (Å²) in [4.78, 5) is 3.55. The molecule has 25 heavy (non-hydrogen) atoms. The number of nitrogens with two attached hydrogens (primary N) is 1. The largest absolute Gasteiger partial charge is 0.353 e. The third-order valence-electron chi connectivity index (χ3n) is 4.60. The number of hydrogen-bond donors (Lipinski definition) is 2. The van der Waals surface area contributed by atoms with Gasteiger partial charge < -0.3 is 10.7 Å². The Morgan fingerprint density at radius 1 is 1.00 bits per heavy atom. The normalized spacial score (nSPS) is 11.6. The van der Waals surface area contributed by atoms with Gasteiger partial charge in [0.2, 0.25) is 0 Å². The topological polar surface area (TPSA) is 41.8 Å². The summed E-state index contributed by atoms with van der Waals surface area (Å²) in [7, 11) is 0. The summed E-state index contributed by atoms with van der Waals surface area (Å²) in [6, 6.07) is 12.4. The second-order valence-electron chi connectivity index (χ2n) is 6.15. The Labute approximate surface area is 160 Å². The molecule has 0 saturated heterocycles. The molecule has 2 nitrogen and oxygen atoms in total. The maximum Gasteiger partial charge on any atom is 0.0833 e. The molecule has 0 aliphatic heterocycles. The lowest BCUT2D eigenvalue weighted by Crippen LogP contribution is -1.99. The highest BCUT2D eigenvalue weighted by atomic mass is 35.5. The van der Waals surface area contributed by atoms with Crippen molar-refractivity contribution in [3.63, 3.8) is 0 Å². The Morgan fingerprint density at radius 3 is 2.68 bits per heavy atom. The number of aromatic amines is 1. The number of fused-ring (bicyclic) bond motifs is 2. The van der Waals surface area contributed by atoms with Crippen LogP contribution in [0.3, 0.4) is 0 Å². The van der Waals surface area contributed by atoms with Crippen LogP contribution in [-0.2, 0) is 6.42 Å². The molecule has 0 radical (unpaired) electrons. The van der Waals surface area contributed by atoms with Gasteiger partial charge in [0, 0.05) is 26.4 Å². The van der Waals surface area contributed by atoms with Crippen molar-refractivity contribution in [2.75, 3.05) is 6.54 Å². The predicted octanol–water partition coefficient (Wildman–Crippen LogP) is 6.64. The molecule has 5 heteroatoms. The minimum atomic E-state index is 0.575. The van der Waals surface area contributed by atoms with Crippen molar-refractivity contribution in [3.05, 3.63) is 57.4 Å². The molecule has 0 spiro atoms. The Bertz CT molecular complexity index is 1050. The summed E-state index contributed by atoms with van der Waals surface area (Å²) in [6.07, 6.45) is 3.03. The first-order valence-electron chi connectivity index (χ1n) is 8.36. The first-order valence-corrected chi connectivity index (χ1v) is 9.99. The lowest BCUT2D eigenvalue weighted by Gasteiger charge is -2.05. The van der Waals surface area contributed by atoms with Crippen molar-refractivity contribution in [3.8, 4) is 11.3 Å². The summed E-state index contributed by atoms with van der Waals surface area (Å²) in [6.45, 7) is 0.714. The molecule has 2 aromatic carbocycles. The van der Waals surface area contributed by atoms with Gasteiger partial charge in [-0.3, -0.25) is 0 Å². The number of thiophene rings is 1. The Morgan fingerprint density at radius 2 is 1.84 bits per heavy atom. The molecule has 0 saturated carbocycles. The third kappa shape index (κ3) is 2.96. The predicted molar refractivity (Wildman–Crippen MR) is 111 cm³/mol. The maximum absolute atomic E-state index is 6.47. The van der Waals surface area contributed by atoms with Gasteiger partial charge in [0.1, 0.15) is 0 Å². The number of hydrogen-bond acceptors (Lipinski definition) is 2. The summed E-state index contributed by atoms with van der Waals surface area (Å²) in [5, 5.41) is 5.80. The molecule has 0 aliphatic carbocycles. The smallest absolute Gasteiger partial charge is 0.0833 e. The minimum Gasteiger partial charge on any atom is -0.353 e. The first-order chi connectivity index (χ1) is 12.2. The van der Waals surface area contributed by atoms with E-state index in [2.05, 4.69) is 40.7 Å². The van der Waals surface area contributed by atoms with Gasteiger partial charge in [0.25, 0.3) is 0 Å². The van der Waals surface area contributed by atoms with E-state index in [-0.39, 0.29) is 0 Å². The molecule has 0 aliphatic rings. The van der Waals surface area contributed by atoms with Gasteiger partial charge in [-0.15, -0.1) is 11.3 Å². The molecule has 128 valence electrons. The van der Waals surface area contributed by atoms with Crippen molar-refractivity contribution in [1.82, 2.24) is 4.98 Å². The van der Waals surface area contributed by atoms with Crippen LogP contribution in [0.5, 0.6) is 0 Å². The molecule has 0 fully saturated rings. The minimum absolute atomic E-state index is 0.575. The van der Waals surface area contributed by atoms with E-state index in [0.717, 1.165) is 35.9 Å². The Kier molecular flexibility index (Phi) is 4.74. The number of benzene rings is 2. The lowest BCUT2D eigenvalue weighted by molar-refractivity contribution is 0.748. The van der Waals surface area contributed by atoms with E-state index in [1.165, 1.54) is 21.2 Å². The quantitative estimate of drug-likeness (QED) is 0.369. The molecule has 4 aromatic rings. The Balaban J connectivity index is 1.95. The zero-order valence-electron chi connectivity index (χ0n) is 13.6. The van der Waals surface area contributed by atoms with E-state index < -0.39 is 0 Å². The van der Waals surface area contributed by atoms with Crippen LogP contribution in [0.15, 0.2) is 41.8 Å². The van der Waals surface area contributed by atoms with Crippen molar-refractivity contribution < 1.29 is 0 Å². The molecule has 0 atom stereocenters. The first kappa shape index (κ1) is 16.9. The van der Waals surface area contributed by atoms with Gasteiger partial charge in [0.15, 0.2) is 0 Å². The van der Waals surface area contributed by atoms with Crippen LogP contribution in [0.1, 0.15) is 18.4 Å². The average Bonchev–Trinajstić information content (AvgIpc) is 3.20. The second kappa shape index (κ2) is 7.00. The summed E-state index contributed by atoms with van der Waals surface area (Å²) in [5.74, 6) is 0. The Hall–Kier alpha value is -1.52. The zero-order chi connectivity index (χ0) is 17.4. The van der Waals surface area contributed by atoms with Crippen molar-refractivity contribution in [2.24, 2.45) is 5.73 Å². The number of H-pyrrole nitrogens is 1. The van der Waals surface area contributed by atoms with E-state index in [9.17, 15) is 0 Å². The second-order valence-corrected chi connectivity index (χ2v) is 7.85. The fourth-order valence-electron chi connectivity index (χ4n) is 3.37. The highest BCUT2D eigenvalue weighted by molar-refractivity contribution is 7.17. The highest BCUT2D eigenvalue weighted by Gasteiger charge is 2.18. The average molecular weight is 389 g/mol. The van der Waals surface area contributed by atoms with Crippen molar-refractivity contribution >= 4 is 55.5 Å². The van der Waals surface area contributed by atoms with Crippen molar-refractivity contribution in [1.29, 1.82) is 0 Å². The SMILES string of the molecule is NCCCCc1c(-c2csc3ccccc23)[nH]c2c(Cl)c(Cl)ccc12.